The lowest BCUT2D eigenvalue weighted by molar-refractivity contribution is -0.123. The summed E-state index contributed by atoms with van der Waals surface area (Å²) in [6.07, 6.45) is 0.496. The van der Waals surface area contributed by atoms with Crippen LogP contribution in [-0.2, 0) is 17.8 Å². The third kappa shape index (κ3) is 4.87. The highest BCUT2D eigenvalue weighted by Crippen LogP contribution is 2.34. The van der Waals surface area contributed by atoms with E-state index in [-0.39, 0.29) is 30.7 Å². The van der Waals surface area contributed by atoms with Crippen LogP contribution in [-0.4, -0.2) is 64.4 Å². The first-order chi connectivity index (χ1) is 18.2. The maximum Gasteiger partial charge on any atom is 0.275 e. The van der Waals surface area contributed by atoms with Gasteiger partial charge in [-0.2, -0.15) is 5.10 Å². The summed E-state index contributed by atoms with van der Waals surface area (Å²) in [7, 11) is 1.67. The number of ether oxygens (including phenoxy) is 1. The summed E-state index contributed by atoms with van der Waals surface area (Å²) in [4.78, 5) is 30.1. The average Bonchev–Trinajstić information content (AvgIpc) is 3.18. The first-order valence-corrected chi connectivity index (χ1v) is 12.8. The van der Waals surface area contributed by atoms with E-state index in [2.05, 4.69) is 16.9 Å². The molecule has 2 amide bonds. The Kier molecular flexibility index (Phi) is 6.91. The van der Waals surface area contributed by atoms with Crippen LogP contribution in [0.15, 0.2) is 48.5 Å². The molecule has 2 aliphatic heterocycles. The zero-order valence-corrected chi connectivity index (χ0v) is 22.3. The summed E-state index contributed by atoms with van der Waals surface area (Å²) in [6.45, 7) is 4.45. The summed E-state index contributed by atoms with van der Waals surface area (Å²) >= 11 is 6.61. The molecule has 5 rings (SSSR count). The Morgan fingerprint density at radius 3 is 2.68 bits per heavy atom. The Balaban J connectivity index is 1.38. The highest BCUT2D eigenvalue weighted by atomic mass is 35.5. The molecule has 0 saturated carbocycles. The maximum absolute atomic E-state index is 13.6. The first-order valence-electron chi connectivity index (χ1n) is 12.5. The van der Waals surface area contributed by atoms with E-state index in [1.165, 1.54) is 9.80 Å². The van der Waals surface area contributed by atoms with Crippen LogP contribution in [0.5, 0.6) is 5.75 Å². The van der Waals surface area contributed by atoms with Gasteiger partial charge in [0, 0.05) is 30.1 Å². The average molecular weight is 533 g/mol. The second-order valence-electron chi connectivity index (χ2n) is 10.2. The number of halogens is 1. The minimum atomic E-state index is -0.811. The van der Waals surface area contributed by atoms with Gasteiger partial charge in [0.25, 0.3) is 11.8 Å². The second-order valence-corrected chi connectivity index (χ2v) is 10.6. The van der Waals surface area contributed by atoms with E-state index >= 15 is 0 Å². The predicted octanol–water partition coefficient (Wildman–Crippen LogP) is 3.38. The molecule has 38 heavy (non-hydrogen) atoms. The number of aliphatic hydroxyl groups excluding tert-OH is 1. The summed E-state index contributed by atoms with van der Waals surface area (Å²) in [5, 5.41) is 14.4. The van der Waals surface area contributed by atoms with E-state index in [9.17, 15) is 14.7 Å². The Hall–Kier alpha value is -3.80. The van der Waals surface area contributed by atoms with Crippen LogP contribution >= 0.6 is 11.6 Å². The molecular formula is C29H29ClN4O4. The van der Waals surface area contributed by atoms with Crippen LogP contribution in [0, 0.1) is 17.3 Å². The quantitative estimate of drug-likeness (QED) is 0.521. The largest absolute Gasteiger partial charge is 0.489 e. The lowest BCUT2D eigenvalue weighted by Crippen LogP contribution is -2.54. The van der Waals surface area contributed by atoms with Crippen molar-refractivity contribution in [2.24, 2.45) is 5.41 Å². The molecular weight excluding hydrogens is 504 g/mol. The van der Waals surface area contributed by atoms with E-state index in [0.29, 0.717) is 47.2 Å². The summed E-state index contributed by atoms with van der Waals surface area (Å²) in [5.41, 5.74) is 2.78. The monoisotopic (exact) mass is 532 g/mol. The van der Waals surface area contributed by atoms with Crippen LogP contribution in [0.3, 0.4) is 0 Å². The topological polar surface area (TPSA) is 87.9 Å². The highest BCUT2D eigenvalue weighted by Gasteiger charge is 2.40. The van der Waals surface area contributed by atoms with Crippen LogP contribution in [0.25, 0.3) is 0 Å². The number of fused-ring (bicyclic) bond motifs is 2. The molecule has 2 aliphatic rings. The van der Waals surface area contributed by atoms with Gasteiger partial charge in [0.1, 0.15) is 23.6 Å². The number of nitrogens with zero attached hydrogens (tertiary/aromatic N) is 4. The van der Waals surface area contributed by atoms with Crippen molar-refractivity contribution in [1.82, 2.24) is 14.7 Å². The molecule has 3 heterocycles. The number of hydrogen-bond donors (Lipinski definition) is 1. The molecule has 2 aromatic carbocycles. The van der Waals surface area contributed by atoms with Gasteiger partial charge in [0.2, 0.25) is 0 Å². The number of carbonyl (C=O) groups is 2. The molecule has 1 aromatic heterocycles. The normalized spacial score (nSPS) is 17.2. The Morgan fingerprint density at radius 1 is 1.18 bits per heavy atom. The van der Waals surface area contributed by atoms with Crippen molar-refractivity contribution in [3.8, 4) is 17.6 Å². The molecule has 0 fully saturated rings. The van der Waals surface area contributed by atoms with Gasteiger partial charge in [-0.3, -0.25) is 9.59 Å². The number of carbonyl (C=O) groups excluding carboxylic acids is 2. The zero-order valence-electron chi connectivity index (χ0n) is 21.6. The molecule has 0 radical (unpaired) electrons. The number of aliphatic hydroxyl groups is 1. The predicted molar refractivity (Wildman–Crippen MR) is 144 cm³/mol. The van der Waals surface area contributed by atoms with E-state index in [1.807, 2.05) is 50.2 Å². The summed E-state index contributed by atoms with van der Waals surface area (Å²) < 4.78 is 7.71. The Labute approximate surface area is 226 Å². The molecule has 1 N–H and O–H groups in total. The van der Waals surface area contributed by atoms with Crippen molar-refractivity contribution < 1.29 is 19.4 Å². The van der Waals surface area contributed by atoms with Crippen LogP contribution in [0.1, 0.15) is 41.0 Å². The zero-order chi connectivity index (χ0) is 27.0. The molecule has 3 aromatic rings. The third-order valence-corrected chi connectivity index (χ3v) is 7.30. The SMILES string of the molecule is CN1C(=O)[C@H](N2CCc3c(nn(Cc4ccccc4)c3Cl)C2=O)COc2cc(C#CC(C)(C)CO)ccc21. The number of aromatic nitrogens is 2. The number of hydrogen-bond acceptors (Lipinski definition) is 5. The van der Waals surface area contributed by atoms with Crippen molar-refractivity contribution in [2.75, 3.05) is 31.7 Å². The van der Waals surface area contributed by atoms with E-state index in [0.717, 1.165) is 5.56 Å². The number of benzene rings is 2. The first kappa shape index (κ1) is 25.8. The smallest absolute Gasteiger partial charge is 0.275 e. The third-order valence-electron chi connectivity index (χ3n) is 6.87. The van der Waals surface area contributed by atoms with E-state index in [4.69, 9.17) is 16.3 Å². The molecule has 0 bridgehead atoms. The summed E-state index contributed by atoms with van der Waals surface area (Å²) in [6, 6.07) is 14.3. The minimum Gasteiger partial charge on any atom is -0.489 e. The number of anilines is 1. The van der Waals surface area contributed by atoms with Crippen molar-refractivity contribution in [3.05, 3.63) is 76.1 Å². The molecule has 0 spiro atoms. The van der Waals surface area contributed by atoms with Crippen molar-refractivity contribution in [2.45, 2.75) is 32.9 Å². The van der Waals surface area contributed by atoms with Crippen molar-refractivity contribution in [1.29, 1.82) is 0 Å². The van der Waals surface area contributed by atoms with Gasteiger partial charge in [-0.05, 0) is 44.0 Å². The molecule has 196 valence electrons. The van der Waals surface area contributed by atoms with Crippen LogP contribution in [0.2, 0.25) is 5.15 Å². The van der Waals surface area contributed by atoms with Gasteiger partial charge in [-0.15, -0.1) is 0 Å². The molecule has 1 atom stereocenters. The van der Waals surface area contributed by atoms with Crippen molar-refractivity contribution in [3.63, 3.8) is 0 Å². The van der Waals surface area contributed by atoms with Gasteiger partial charge < -0.3 is 19.6 Å². The lowest BCUT2D eigenvalue weighted by atomic mass is 9.95. The molecule has 8 nitrogen and oxygen atoms in total. The molecule has 9 heteroatoms. The lowest BCUT2D eigenvalue weighted by Gasteiger charge is -2.33. The fourth-order valence-electron chi connectivity index (χ4n) is 4.57. The Bertz CT molecular complexity index is 1450. The van der Waals surface area contributed by atoms with E-state index in [1.54, 1.807) is 23.9 Å². The fraction of sp³-hybridized carbons (Fsp3) is 0.345. The van der Waals surface area contributed by atoms with Crippen LogP contribution < -0.4 is 9.64 Å². The molecule has 0 aliphatic carbocycles. The molecule has 0 unspecified atom stereocenters. The van der Waals surface area contributed by atoms with Gasteiger partial charge in [-0.25, -0.2) is 4.68 Å². The van der Waals surface area contributed by atoms with Crippen LogP contribution in [0.4, 0.5) is 5.69 Å². The molecule has 0 saturated heterocycles. The number of likely N-dealkylation sites (N-methyl/N-ethyl adjacent to an activating group) is 1. The number of rotatable bonds is 4. The van der Waals surface area contributed by atoms with Gasteiger partial charge in [-0.1, -0.05) is 53.8 Å². The van der Waals surface area contributed by atoms with E-state index < -0.39 is 11.5 Å². The summed E-state index contributed by atoms with van der Waals surface area (Å²) in [5.74, 6) is 6.06. The van der Waals surface area contributed by atoms with Gasteiger partial charge in [0.05, 0.1) is 18.8 Å². The Morgan fingerprint density at radius 2 is 1.95 bits per heavy atom. The highest BCUT2D eigenvalue weighted by molar-refractivity contribution is 6.31. The van der Waals surface area contributed by atoms with Gasteiger partial charge >= 0.3 is 0 Å². The number of amides is 2. The standard InChI is InChI=1S/C29H29ClN4O4/c1-29(2,18-35)13-11-19-9-10-22-24(15-19)38-17-23(27(36)32(22)3)33-14-12-21-25(28(33)37)31-34(26(21)30)16-20-7-5-4-6-8-20/h4-10,15,23,35H,12,14,16-18H2,1-3H3/t23-/m1/s1. The fourth-order valence-corrected chi connectivity index (χ4v) is 4.85. The maximum atomic E-state index is 13.6. The van der Waals surface area contributed by atoms with Gasteiger partial charge in [0.15, 0.2) is 5.69 Å². The second kappa shape index (κ2) is 10.2. The van der Waals surface area contributed by atoms with Crippen molar-refractivity contribution >= 4 is 29.1 Å². The minimum absolute atomic E-state index is 0.00865.